The van der Waals surface area contributed by atoms with Crippen LogP contribution in [0.5, 0.6) is 5.88 Å². The maximum Gasteiger partial charge on any atom is 0.226 e. The second-order valence-corrected chi connectivity index (χ2v) is 4.54. The zero-order chi connectivity index (χ0) is 12.8. The molecular formula is C13H21N3O2. The molecule has 1 aromatic heterocycles. The molecule has 18 heavy (non-hydrogen) atoms. The van der Waals surface area contributed by atoms with Crippen LogP contribution >= 0.6 is 0 Å². The van der Waals surface area contributed by atoms with Crippen LogP contribution in [0.1, 0.15) is 31.9 Å². The Morgan fingerprint density at radius 1 is 1.50 bits per heavy atom. The van der Waals surface area contributed by atoms with Crippen LogP contribution < -0.4 is 10.1 Å². The van der Waals surface area contributed by atoms with Gasteiger partial charge in [-0.2, -0.15) is 4.98 Å². The lowest BCUT2D eigenvalue weighted by Crippen LogP contribution is -2.17. The lowest BCUT2D eigenvalue weighted by atomic mass is 10.2. The highest BCUT2D eigenvalue weighted by Gasteiger charge is 2.16. The van der Waals surface area contributed by atoms with Crippen LogP contribution in [0.3, 0.4) is 0 Å². The zero-order valence-corrected chi connectivity index (χ0v) is 11.1. The molecule has 0 aromatic carbocycles. The largest absolute Gasteiger partial charge is 0.475 e. The summed E-state index contributed by atoms with van der Waals surface area (Å²) < 4.78 is 11.2. The average molecular weight is 251 g/mol. The van der Waals surface area contributed by atoms with Crippen LogP contribution in [0, 0.1) is 6.92 Å². The fourth-order valence-electron chi connectivity index (χ4n) is 1.88. The predicted octanol–water partition coefficient (Wildman–Crippen LogP) is 2.16. The van der Waals surface area contributed by atoms with Gasteiger partial charge in [0.25, 0.3) is 0 Å². The maximum atomic E-state index is 5.68. The number of nitrogens with zero attached hydrogens (tertiary/aromatic N) is 2. The number of rotatable bonds is 6. The van der Waals surface area contributed by atoms with Gasteiger partial charge in [-0.25, -0.2) is 4.98 Å². The summed E-state index contributed by atoms with van der Waals surface area (Å²) in [4.78, 5) is 8.65. The van der Waals surface area contributed by atoms with Crippen LogP contribution in [0.15, 0.2) is 6.07 Å². The number of aromatic nitrogens is 2. The maximum absolute atomic E-state index is 5.68. The second-order valence-electron chi connectivity index (χ2n) is 4.54. The van der Waals surface area contributed by atoms with Gasteiger partial charge in [0.05, 0.1) is 6.10 Å². The van der Waals surface area contributed by atoms with E-state index in [1.165, 1.54) is 0 Å². The van der Waals surface area contributed by atoms with E-state index in [9.17, 15) is 0 Å². The molecule has 100 valence electrons. The molecule has 0 radical (unpaired) electrons. The van der Waals surface area contributed by atoms with Crippen LogP contribution in [-0.2, 0) is 4.74 Å². The molecule has 1 saturated heterocycles. The van der Waals surface area contributed by atoms with Crippen molar-refractivity contribution in [3.63, 3.8) is 0 Å². The van der Waals surface area contributed by atoms with Gasteiger partial charge in [-0.15, -0.1) is 0 Å². The van der Waals surface area contributed by atoms with Gasteiger partial charge >= 0.3 is 0 Å². The molecule has 1 unspecified atom stereocenters. The summed E-state index contributed by atoms with van der Waals surface area (Å²) in [5.74, 6) is 1.26. The Labute approximate surface area is 108 Å². The monoisotopic (exact) mass is 251 g/mol. The molecule has 5 heteroatoms. The molecule has 0 spiro atoms. The van der Waals surface area contributed by atoms with Crippen molar-refractivity contribution < 1.29 is 9.47 Å². The number of ether oxygens (including phenoxy) is 2. The van der Waals surface area contributed by atoms with Crippen LogP contribution in [0.4, 0.5) is 5.95 Å². The molecule has 1 aliphatic rings. The number of nitrogens with one attached hydrogen (secondary N) is 1. The molecule has 5 nitrogen and oxygen atoms in total. The quantitative estimate of drug-likeness (QED) is 0.839. The lowest BCUT2D eigenvalue weighted by molar-refractivity contribution is 0.0663. The molecule has 0 amide bonds. The topological polar surface area (TPSA) is 56.3 Å². The average Bonchev–Trinajstić information content (AvgIpc) is 2.86. The molecule has 1 aromatic rings. The van der Waals surface area contributed by atoms with Crippen molar-refractivity contribution in [2.75, 3.05) is 25.1 Å². The minimum Gasteiger partial charge on any atom is -0.475 e. The van der Waals surface area contributed by atoms with Crippen molar-refractivity contribution in [3.8, 4) is 5.88 Å². The Balaban J connectivity index is 1.91. The summed E-state index contributed by atoms with van der Waals surface area (Å²) in [6, 6.07) is 1.85. The first-order valence-electron chi connectivity index (χ1n) is 6.62. The highest BCUT2D eigenvalue weighted by Crippen LogP contribution is 2.16. The first-order chi connectivity index (χ1) is 8.78. The van der Waals surface area contributed by atoms with E-state index in [0.717, 1.165) is 38.1 Å². The van der Waals surface area contributed by atoms with Crippen molar-refractivity contribution in [1.82, 2.24) is 9.97 Å². The highest BCUT2D eigenvalue weighted by molar-refractivity contribution is 5.30. The third-order valence-corrected chi connectivity index (χ3v) is 2.80. The normalized spacial score (nSPS) is 18.9. The Bertz CT molecular complexity index is 378. The number of aryl methyl sites for hydroxylation is 1. The fourth-order valence-corrected chi connectivity index (χ4v) is 1.88. The molecule has 1 fully saturated rings. The summed E-state index contributed by atoms with van der Waals surface area (Å²) >= 11 is 0. The Kier molecular flexibility index (Phi) is 4.75. The van der Waals surface area contributed by atoms with Gasteiger partial charge in [-0.3, -0.25) is 0 Å². The van der Waals surface area contributed by atoms with Crippen molar-refractivity contribution in [2.45, 2.75) is 39.2 Å². The van der Waals surface area contributed by atoms with Crippen molar-refractivity contribution in [2.24, 2.45) is 0 Å². The van der Waals surface area contributed by atoms with E-state index in [2.05, 4.69) is 22.2 Å². The van der Waals surface area contributed by atoms with Crippen LogP contribution in [0.25, 0.3) is 0 Å². The molecule has 0 saturated carbocycles. The molecule has 0 aliphatic carbocycles. The van der Waals surface area contributed by atoms with Crippen molar-refractivity contribution >= 4 is 5.95 Å². The smallest absolute Gasteiger partial charge is 0.226 e. The zero-order valence-electron chi connectivity index (χ0n) is 11.1. The first-order valence-corrected chi connectivity index (χ1v) is 6.62. The van der Waals surface area contributed by atoms with Gasteiger partial charge in [-0.1, -0.05) is 6.92 Å². The first kappa shape index (κ1) is 13.1. The predicted molar refractivity (Wildman–Crippen MR) is 70.0 cm³/mol. The Morgan fingerprint density at radius 3 is 3.11 bits per heavy atom. The van der Waals surface area contributed by atoms with Crippen molar-refractivity contribution in [3.05, 3.63) is 11.8 Å². The summed E-state index contributed by atoms with van der Waals surface area (Å²) in [5, 5.41) is 3.17. The third kappa shape index (κ3) is 3.84. The van der Waals surface area contributed by atoms with E-state index >= 15 is 0 Å². The van der Waals surface area contributed by atoms with Gasteiger partial charge in [0, 0.05) is 24.9 Å². The summed E-state index contributed by atoms with van der Waals surface area (Å²) in [6.07, 6.45) is 3.46. The van der Waals surface area contributed by atoms with E-state index in [4.69, 9.17) is 9.47 Å². The van der Waals surface area contributed by atoms with E-state index < -0.39 is 0 Å². The number of hydrogen-bond donors (Lipinski definition) is 1. The highest BCUT2D eigenvalue weighted by atomic mass is 16.5. The number of anilines is 1. The van der Waals surface area contributed by atoms with Crippen LogP contribution in [0.2, 0.25) is 0 Å². The van der Waals surface area contributed by atoms with E-state index in [1.54, 1.807) is 0 Å². The van der Waals surface area contributed by atoms with Gasteiger partial charge in [0.2, 0.25) is 11.8 Å². The standard InChI is InChI=1S/C13H21N3O2/c1-3-6-14-13-15-10(2)8-12(16-13)18-9-11-5-4-7-17-11/h8,11H,3-7,9H2,1-2H3,(H,14,15,16). The number of hydrogen-bond acceptors (Lipinski definition) is 5. The van der Waals surface area contributed by atoms with Gasteiger partial charge in [0.15, 0.2) is 0 Å². The van der Waals surface area contributed by atoms with E-state index in [0.29, 0.717) is 18.4 Å². The molecular weight excluding hydrogens is 230 g/mol. The molecule has 0 bridgehead atoms. The Morgan fingerprint density at radius 2 is 2.39 bits per heavy atom. The van der Waals surface area contributed by atoms with Gasteiger partial charge < -0.3 is 14.8 Å². The lowest BCUT2D eigenvalue weighted by Gasteiger charge is -2.12. The molecule has 1 atom stereocenters. The minimum atomic E-state index is 0.215. The van der Waals surface area contributed by atoms with Gasteiger partial charge in [-0.05, 0) is 26.2 Å². The minimum absolute atomic E-state index is 0.215. The summed E-state index contributed by atoms with van der Waals surface area (Å²) in [7, 11) is 0. The van der Waals surface area contributed by atoms with E-state index in [1.807, 2.05) is 13.0 Å². The molecule has 2 rings (SSSR count). The van der Waals surface area contributed by atoms with Crippen molar-refractivity contribution in [1.29, 1.82) is 0 Å². The second kappa shape index (κ2) is 6.54. The Hall–Kier alpha value is -1.36. The van der Waals surface area contributed by atoms with E-state index in [-0.39, 0.29) is 6.10 Å². The fraction of sp³-hybridized carbons (Fsp3) is 0.692. The molecule has 1 aliphatic heterocycles. The summed E-state index contributed by atoms with van der Waals surface area (Å²) in [5.41, 5.74) is 0.908. The molecule has 2 heterocycles. The van der Waals surface area contributed by atoms with Crippen LogP contribution in [-0.4, -0.2) is 35.8 Å². The molecule has 1 N–H and O–H groups in total. The summed E-state index contributed by atoms with van der Waals surface area (Å²) in [6.45, 7) is 6.34. The van der Waals surface area contributed by atoms with Gasteiger partial charge in [0.1, 0.15) is 6.61 Å². The SMILES string of the molecule is CCCNc1nc(C)cc(OCC2CCCO2)n1. The third-order valence-electron chi connectivity index (χ3n) is 2.80.